The van der Waals surface area contributed by atoms with Gasteiger partial charge in [-0.05, 0) is 6.07 Å². The predicted molar refractivity (Wildman–Crippen MR) is 61.0 cm³/mol. The number of aromatic nitrogens is 2. The van der Waals surface area contributed by atoms with E-state index in [2.05, 4.69) is 5.10 Å². The number of cyclic esters (lactones) is 1. The van der Waals surface area contributed by atoms with Crippen LogP contribution in [0.25, 0.3) is 10.9 Å². The van der Waals surface area contributed by atoms with Crippen molar-refractivity contribution in [3.8, 4) is 0 Å². The van der Waals surface area contributed by atoms with Crippen LogP contribution in [0.4, 0.5) is 5.69 Å². The molecule has 2 aromatic rings. The van der Waals surface area contributed by atoms with E-state index in [9.17, 15) is 14.9 Å². The smallest absolute Gasteiger partial charge is 0.331 e. The second-order valence-corrected chi connectivity index (χ2v) is 4.06. The number of carbonyl (C=O) groups excluding carboxylic acids is 1. The van der Waals surface area contributed by atoms with Crippen molar-refractivity contribution in [2.45, 2.75) is 12.5 Å². The SMILES string of the molecule is O=C1OCCC1n1ncc2ccc([N+](=O)[O-])cc21. The van der Waals surface area contributed by atoms with E-state index in [-0.39, 0.29) is 11.7 Å². The van der Waals surface area contributed by atoms with Crippen LogP contribution in [0.2, 0.25) is 0 Å². The number of nitrogens with zero attached hydrogens (tertiary/aromatic N) is 3. The Hall–Kier alpha value is -2.44. The first-order chi connectivity index (χ1) is 8.66. The van der Waals surface area contributed by atoms with E-state index in [4.69, 9.17) is 4.74 Å². The molecule has 3 rings (SSSR count). The first-order valence-corrected chi connectivity index (χ1v) is 5.45. The summed E-state index contributed by atoms with van der Waals surface area (Å²) in [6, 6.07) is 3.98. The van der Waals surface area contributed by atoms with Gasteiger partial charge in [0.05, 0.1) is 23.2 Å². The topological polar surface area (TPSA) is 87.3 Å². The van der Waals surface area contributed by atoms with Gasteiger partial charge in [-0.3, -0.25) is 14.8 Å². The van der Waals surface area contributed by atoms with Crippen LogP contribution in [0.15, 0.2) is 24.4 Å². The van der Waals surface area contributed by atoms with Crippen molar-refractivity contribution in [1.29, 1.82) is 0 Å². The Bertz CT molecular complexity index is 649. The van der Waals surface area contributed by atoms with Gasteiger partial charge in [0.25, 0.3) is 5.69 Å². The first-order valence-electron chi connectivity index (χ1n) is 5.45. The molecule has 1 fully saturated rings. The Morgan fingerprint density at radius 1 is 1.50 bits per heavy atom. The summed E-state index contributed by atoms with van der Waals surface area (Å²) in [4.78, 5) is 21.8. The zero-order valence-electron chi connectivity index (χ0n) is 9.28. The molecule has 0 aliphatic carbocycles. The molecule has 1 aromatic heterocycles. The van der Waals surface area contributed by atoms with Gasteiger partial charge in [0.2, 0.25) is 0 Å². The quantitative estimate of drug-likeness (QED) is 0.455. The fraction of sp³-hybridized carbons (Fsp3) is 0.273. The number of nitro benzene ring substituents is 1. The summed E-state index contributed by atoms with van der Waals surface area (Å²) < 4.78 is 6.38. The maximum absolute atomic E-state index is 11.5. The van der Waals surface area contributed by atoms with E-state index in [0.29, 0.717) is 18.5 Å². The number of carbonyl (C=O) groups is 1. The highest BCUT2D eigenvalue weighted by atomic mass is 16.6. The van der Waals surface area contributed by atoms with Crippen molar-refractivity contribution in [3.63, 3.8) is 0 Å². The highest BCUT2D eigenvalue weighted by molar-refractivity contribution is 5.84. The van der Waals surface area contributed by atoms with E-state index < -0.39 is 11.0 Å². The molecule has 18 heavy (non-hydrogen) atoms. The molecule has 2 heterocycles. The molecule has 1 atom stereocenters. The van der Waals surface area contributed by atoms with Crippen LogP contribution in [0.5, 0.6) is 0 Å². The van der Waals surface area contributed by atoms with Crippen LogP contribution < -0.4 is 0 Å². The van der Waals surface area contributed by atoms with Crippen molar-refractivity contribution < 1.29 is 14.5 Å². The third kappa shape index (κ3) is 1.52. The maximum Gasteiger partial charge on any atom is 0.331 e. The molecule has 1 aromatic carbocycles. The molecule has 7 heteroatoms. The van der Waals surface area contributed by atoms with Gasteiger partial charge in [-0.1, -0.05) is 0 Å². The van der Waals surface area contributed by atoms with Crippen LogP contribution in [0.1, 0.15) is 12.5 Å². The van der Waals surface area contributed by atoms with Crippen molar-refractivity contribution in [2.75, 3.05) is 6.61 Å². The monoisotopic (exact) mass is 247 g/mol. The molecule has 92 valence electrons. The lowest BCUT2D eigenvalue weighted by Crippen LogP contribution is -2.15. The average molecular weight is 247 g/mol. The van der Waals surface area contributed by atoms with Gasteiger partial charge in [0.15, 0.2) is 6.04 Å². The molecule has 0 spiro atoms. The molecule has 7 nitrogen and oxygen atoms in total. The summed E-state index contributed by atoms with van der Waals surface area (Å²) in [5.41, 5.74) is 0.559. The highest BCUT2D eigenvalue weighted by Crippen LogP contribution is 2.27. The molecule has 1 aliphatic rings. The molecular weight excluding hydrogens is 238 g/mol. The summed E-state index contributed by atoms with van der Waals surface area (Å²) >= 11 is 0. The zero-order valence-corrected chi connectivity index (χ0v) is 9.28. The van der Waals surface area contributed by atoms with Crippen LogP contribution in [-0.2, 0) is 9.53 Å². The van der Waals surface area contributed by atoms with E-state index >= 15 is 0 Å². The lowest BCUT2D eigenvalue weighted by atomic mass is 10.2. The molecular formula is C11H9N3O4. The fourth-order valence-corrected chi connectivity index (χ4v) is 2.10. The summed E-state index contributed by atoms with van der Waals surface area (Å²) in [5.74, 6) is -0.341. The number of non-ortho nitro benzene ring substituents is 1. The van der Waals surface area contributed by atoms with Gasteiger partial charge in [0.1, 0.15) is 0 Å². The Morgan fingerprint density at radius 2 is 2.33 bits per heavy atom. The lowest BCUT2D eigenvalue weighted by molar-refractivity contribution is -0.384. The fourth-order valence-electron chi connectivity index (χ4n) is 2.10. The normalized spacial score (nSPS) is 19.1. The van der Waals surface area contributed by atoms with Crippen LogP contribution in [-0.4, -0.2) is 27.3 Å². The van der Waals surface area contributed by atoms with Gasteiger partial charge in [-0.2, -0.15) is 5.10 Å². The Morgan fingerprint density at radius 3 is 3.00 bits per heavy atom. The second kappa shape index (κ2) is 3.80. The summed E-state index contributed by atoms with van der Waals surface area (Å²) in [5, 5.41) is 15.6. The molecule has 0 N–H and O–H groups in total. The minimum Gasteiger partial charge on any atom is -0.464 e. The van der Waals surface area contributed by atoms with Gasteiger partial charge in [-0.15, -0.1) is 0 Å². The van der Waals surface area contributed by atoms with E-state index in [1.54, 1.807) is 12.3 Å². The third-order valence-electron chi connectivity index (χ3n) is 3.00. The lowest BCUT2D eigenvalue weighted by Gasteiger charge is -2.07. The number of ether oxygens (including phenoxy) is 1. The molecule has 0 bridgehead atoms. The van der Waals surface area contributed by atoms with Gasteiger partial charge < -0.3 is 4.74 Å². The number of rotatable bonds is 2. The van der Waals surface area contributed by atoms with Gasteiger partial charge >= 0.3 is 5.97 Å². The van der Waals surface area contributed by atoms with Gasteiger partial charge in [0, 0.05) is 23.9 Å². The summed E-state index contributed by atoms with van der Waals surface area (Å²) in [6.07, 6.45) is 2.13. The maximum atomic E-state index is 11.5. The second-order valence-electron chi connectivity index (χ2n) is 4.06. The number of nitro groups is 1. The highest BCUT2D eigenvalue weighted by Gasteiger charge is 2.30. The summed E-state index contributed by atoms with van der Waals surface area (Å²) in [7, 11) is 0. The van der Waals surface area contributed by atoms with E-state index in [1.807, 2.05) is 0 Å². The first kappa shape index (κ1) is 10.7. The van der Waals surface area contributed by atoms with Crippen molar-refractivity contribution in [2.24, 2.45) is 0 Å². The van der Waals surface area contributed by atoms with Gasteiger partial charge in [-0.25, -0.2) is 4.79 Å². The van der Waals surface area contributed by atoms with Crippen LogP contribution >= 0.6 is 0 Å². The molecule has 1 unspecified atom stereocenters. The number of fused-ring (bicyclic) bond motifs is 1. The minimum absolute atomic E-state index is 0.0179. The molecule has 1 saturated heterocycles. The molecule has 0 radical (unpaired) electrons. The number of hydrogen-bond acceptors (Lipinski definition) is 5. The zero-order chi connectivity index (χ0) is 12.7. The number of esters is 1. The molecule has 0 saturated carbocycles. The number of hydrogen-bond donors (Lipinski definition) is 0. The van der Waals surface area contributed by atoms with Crippen molar-refractivity contribution in [3.05, 3.63) is 34.5 Å². The Kier molecular flexibility index (Phi) is 2.26. The predicted octanol–water partition coefficient (Wildman–Crippen LogP) is 1.43. The Labute approximate surface area is 101 Å². The number of benzene rings is 1. The largest absolute Gasteiger partial charge is 0.464 e. The summed E-state index contributed by atoms with van der Waals surface area (Å²) in [6.45, 7) is 0.361. The van der Waals surface area contributed by atoms with Crippen LogP contribution in [0, 0.1) is 10.1 Å². The van der Waals surface area contributed by atoms with Crippen LogP contribution in [0.3, 0.4) is 0 Å². The average Bonchev–Trinajstić information content (AvgIpc) is 2.93. The van der Waals surface area contributed by atoms with E-state index in [0.717, 1.165) is 5.39 Å². The standard InChI is InChI=1S/C11H9N3O4/c15-11-9(3-4-18-11)13-10-5-8(14(16)17)2-1-7(10)6-12-13/h1-2,5-6,9H,3-4H2. The Balaban J connectivity index is 2.14. The third-order valence-corrected chi connectivity index (χ3v) is 3.00. The minimum atomic E-state index is -0.482. The van der Waals surface area contributed by atoms with Crippen molar-refractivity contribution in [1.82, 2.24) is 9.78 Å². The van der Waals surface area contributed by atoms with Crippen molar-refractivity contribution >= 4 is 22.6 Å². The molecule has 0 amide bonds. The van der Waals surface area contributed by atoms with E-state index in [1.165, 1.54) is 16.8 Å². The molecule has 1 aliphatic heterocycles.